The van der Waals surface area contributed by atoms with Gasteiger partial charge in [0, 0.05) is 36.2 Å². The van der Waals surface area contributed by atoms with Crippen LogP contribution in [0.25, 0.3) is 0 Å². The van der Waals surface area contributed by atoms with Gasteiger partial charge < -0.3 is 10.0 Å². The third-order valence-electron chi connectivity index (χ3n) is 3.31. The number of nitrogens with zero attached hydrogens (tertiary/aromatic N) is 2. The van der Waals surface area contributed by atoms with Gasteiger partial charge in [-0.2, -0.15) is 0 Å². The molecule has 0 spiro atoms. The van der Waals surface area contributed by atoms with Crippen molar-refractivity contribution in [3.05, 3.63) is 34.3 Å². The van der Waals surface area contributed by atoms with Gasteiger partial charge in [-0.15, -0.1) is 0 Å². The number of amides is 1. The van der Waals surface area contributed by atoms with Gasteiger partial charge in [0.1, 0.15) is 0 Å². The van der Waals surface area contributed by atoms with E-state index in [1.807, 2.05) is 23.1 Å². The Morgan fingerprint density at radius 1 is 1.20 bits per heavy atom. The molecule has 0 radical (unpaired) electrons. The Balaban J connectivity index is 1.99. The number of carbonyl (C=O) groups is 2. The second kappa shape index (κ2) is 6.85. The van der Waals surface area contributed by atoms with Crippen LogP contribution in [-0.2, 0) is 4.79 Å². The second-order valence-electron chi connectivity index (χ2n) is 4.83. The molecule has 0 atom stereocenters. The van der Waals surface area contributed by atoms with Crippen LogP contribution in [0.5, 0.6) is 0 Å². The molecule has 0 saturated carbocycles. The van der Waals surface area contributed by atoms with E-state index in [1.54, 1.807) is 11.0 Å². The second-order valence-corrected chi connectivity index (χ2v) is 5.74. The van der Waals surface area contributed by atoms with E-state index in [2.05, 4.69) is 15.9 Å². The first-order valence-electron chi connectivity index (χ1n) is 6.55. The molecule has 2 rings (SSSR count). The number of carbonyl (C=O) groups excluding carboxylic acids is 1. The van der Waals surface area contributed by atoms with Crippen LogP contribution >= 0.6 is 15.9 Å². The summed E-state index contributed by atoms with van der Waals surface area (Å²) in [5.41, 5.74) is 0.658. The van der Waals surface area contributed by atoms with E-state index in [-0.39, 0.29) is 12.5 Å². The van der Waals surface area contributed by atoms with Crippen LogP contribution in [0, 0.1) is 0 Å². The fourth-order valence-electron chi connectivity index (χ4n) is 2.33. The Labute approximate surface area is 126 Å². The quantitative estimate of drug-likeness (QED) is 0.909. The highest BCUT2D eigenvalue weighted by Crippen LogP contribution is 2.14. The van der Waals surface area contributed by atoms with Gasteiger partial charge in [0.2, 0.25) is 0 Å². The molecule has 0 bridgehead atoms. The number of hydrogen-bond donors (Lipinski definition) is 1. The molecule has 1 heterocycles. The van der Waals surface area contributed by atoms with Crippen LogP contribution in [0.4, 0.5) is 0 Å². The van der Waals surface area contributed by atoms with Crippen LogP contribution in [-0.4, -0.2) is 59.5 Å². The van der Waals surface area contributed by atoms with Crippen LogP contribution in [0.2, 0.25) is 0 Å². The van der Waals surface area contributed by atoms with Gasteiger partial charge >= 0.3 is 5.97 Å². The Morgan fingerprint density at radius 3 is 2.70 bits per heavy atom. The fraction of sp³-hybridized carbons (Fsp3) is 0.429. The number of halogens is 1. The maximum absolute atomic E-state index is 12.4. The number of rotatable bonds is 3. The van der Waals surface area contributed by atoms with Gasteiger partial charge in [0.25, 0.3) is 5.91 Å². The SMILES string of the molecule is O=C(O)CN1CCCN(C(=O)c2cccc(Br)c2)CC1. The van der Waals surface area contributed by atoms with Crippen molar-refractivity contribution in [1.29, 1.82) is 0 Å². The van der Waals surface area contributed by atoms with Gasteiger partial charge in [-0.05, 0) is 24.6 Å². The topological polar surface area (TPSA) is 60.9 Å². The first-order valence-corrected chi connectivity index (χ1v) is 7.34. The van der Waals surface area contributed by atoms with Gasteiger partial charge in [0.15, 0.2) is 0 Å². The summed E-state index contributed by atoms with van der Waals surface area (Å²) in [6.07, 6.45) is 0.799. The Kier molecular flexibility index (Phi) is 5.14. The maximum Gasteiger partial charge on any atom is 0.317 e. The van der Waals surface area contributed by atoms with Crippen molar-refractivity contribution in [2.45, 2.75) is 6.42 Å². The minimum Gasteiger partial charge on any atom is -0.480 e. The summed E-state index contributed by atoms with van der Waals surface area (Å²) >= 11 is 3.36. The molecule has 1 saturated heterocycles. The largest absolute Gasteiger partial charge is 0.480 e. The lowest BCUT2D eigenvalue weighted by Gasteiger charge is -2.21. The normalized spacial score (nSPS) is 16.8. The molecule has 1 aliphatic rings. The lowest BCUT2D eigenvalue weighted by Crippen LogP contribution is -2.36. The molecule has 0 unspecified atom stereocenters. The highest BCUT2D eigenvalue weighted by atomic mass is 79.9. The zero-order valence-electron chi connectivity index (χ0n) is 11.1. The summed E-state index contributed by atoms with van der Waals surface area (Å²) in [7, 11) is 0. The van der Waals surface area contributed by atoms with Crippen molar-refractivity contribution in [3.8, 4) is 0 Å². The number of benzene rings is 1. The summed E-state index contributed by atoms with van der Waals surface area (Å²) in [5, 5.41) is 8.81. The van der Waals surface area contributed by atoms with Crippen molar-refractivity contribution in [2.24, 2.45) is 0 Å². The van der Waals surface area contributed by atoms with E-state index >= 15 is 0 Å². The minimum absolute atomic E-state index is 0.00322. The Bertz CT molecular complexity index is 507. The molecule has 5 nitrogen and oxygen atoms in total. The summed E-state index contributed by atoms with van der Waals surface area (Å²) < 4.78 is 0.880. The molecule has 6 heteroatoms. The molecule has 20 heavy (non-hydrogen) atoms. The van der Waals surface area contributed by atoms with E-state index < -0.39 is 5.97 Å². The van der Waals surface area contributed by atoms with E-state index in [0.717, 1.165) is 10.9 Å². The van der Waals surface area contributed by atoms with E-state index in [1.165, 1.54) is 0 Å². The molecular formula is C14H17BrN2O3. The summed E-state index contributed by atoms with van der Waals surface area (Å²) in [5.74, 6) is -0.819. The number of hydrogen-bond acceptors (Lipinski definition) is 3. The molecule has 1 aromatic rings. The van der Waals surface area contributed by atoms with Gasteiger partial charge in [-0.1, -0.05) is 22.0 Å². The zero-order chi connectivity index (χ0) is 14.5. The zero-order valence-corrected chi connectivity index (χ0v) is 12.7. The lowest BCUT2D eigenvalue weighted by atomic mass is 10.2. The summed E-state index contributed by atoms with van der Waals surface area (Å²) in [6.45, 7) is 2.60. The van der Waals surface area contributed by atoms with Crippen molar-refractivity contribution in [3.63, 3.8) is 0 Å². The molecule has 1 N–H and O–H groups in total. The van der Waals surface area contributed by atoms with E-state index in [4.69, 9.17) is 5.11 Å². The predicted molar refractivity (Wildman–Crippen MR) is 78.7 cm³/mol. The standard InChI is InChI=1S/C14H17BrN2O3/c15-12-4-1-3-11(9-12)14(20)17-6-2-5-16(7-8-17)10-13(18)19/h1,3-4,9H,2,5-8,10H2,(H,18,19). The fourth-order valence-corrected chi connectivity index (χ4v) is 2.73. The first kappa shape index (κ1) is 15.0. The van der Waals surface area contributed by atoms with E-state index in [9.17, 15) is 9.59 Å². The third-order valence-corrected chi connectivity index (χ3v) is 3.80. The molecule has 0 aromatic heterocycles. The molecular weight excluding hydrogens is 324 g/mol. The van der Waals surface area contributed by atoms with Crippen LogP contribution < -0.4 is 0 Å². The van der Waals surface area contributed by atoms with Crippen molar-refractivity contribution < 1.29 is 14.7 Å². The highest BCUT2D eigenvalue weighted by molar-refractivity contribution is 9.10. The van der Waals surface area contributed by atoms with Crippen molar-refractivity contribution >= 4 is 27.8 Å². The molecule has 1 aromatic carbocycles. The smallest absolute Gasteiger partial charge is 0.317 e. The average molecular weight is 341 g/mol. The van der Waals surface area contributed by atoms with E-state index in [0.29, 0.717) is 31.7 Å². The number of carboxylic acid groups (broad SMARTS) is 1. The Morgan fingerprint density at radius 2 is 2.00 bits per heavy atom. The maximum atomic E-state index is 12.4. The average Bonchev–Trinajstić information content (AvgIpc) is 2.63. The highest BCUT2D eigenvalue weighted by Gasteiger charge is 2.21. The monoisotopic (exact) mass is 340 g/mol. The van der Waals surface area contributed by atoms with Gasteiger partial charge in [0.05, 0.1) is 6.54 Å². The molecule has 1 fully saturated rings. The van der Waals surface area contributed by atoms with Crippen LogP contribution in [0.15, 0.2) is 28.7 Å². The van der Waals surface area contributed by atoms with Crippen molar-refractivity contribution in [1.82, 2.24) is 9.80 Å². The lowest BCUT2D eigenvalue weighted by molar-refractivity contribution is -0.138. The predicted octanol–water partition coefficient (Wildman–Crippen LogP) is 1.68. The third kappa shape index (κ3) is 4.05. The van der Waals surface area contributed by atoms with Crippen LogP contribution in [0.1, 0.15) is 16.8 Å². The minimum atomic E-state index is -0.822. The molecule has 108 valence electrons. The molecule has 1 aliphatic heterocycles. The summed E-state index contributed by atoms with van der Waals surface area (Å²) in [4.78, 5) is 26.8. The van der Waals surface area contributed by atoms with Gasteiger partial charge in [-0.25, -0.2) is 0 Å². The van der Waals surface area contributed by atoms with Crippen LogP contribution in [0.3, 0.4) is 0 Å². The molecule has 0 aliphatic carbocycles. The first-order chi connectivity index (χ1) is 9.56. The Hall–Kier alpha value is -1.40. The van der Waals surface area contributed by atoms with Crippen molar-refractivity contribution in [2.75, 3.05) is 32.7 Å². The number of aliphatic carboxylic acids is 1. The molecule has 1 amide bonds. The number of carboxylic acids is 1. The van der Waals surface area contributed by atoms with Gasteiger partial charge in [-0.3, -0.25) is 14.5 Å². The summed E-state index contributed by atoms with van der Waals surface area (Å²) in [6, 6.07) is 7.33.